The van der Waals surface area contributed by atoms with E-state index in [2.05, 4.69) is 5.32 Å². The van der Waals surface area contributed by atoms with Gasteiger partial charge in [0.2, 0.25) is 11.8 Å². The Morgan fingerprint density at radius 1 is 1.48 bits per heavy atom. The maximum Gasteiger partial charge on any atom is 0.244 e. The molecule has 0 saturated carbocycles. The topological polar surface area (TPSA) is 69.6 Å². The Bertz CT molecular complexity index is 525. The van der Waals surface area contributed by atoms with Crippen LogP contribution in [0, 0.1) is 0 Å². The highest BCUT2D eigenvalue weighted by Crippen LogP contribution is 2.16. The lowest BCUT2D eigenvalue weighted by atomic mass is 10.1. The van der Waals surface area contributed by atoms with Crippen molar-refractivity contribution in [3.8, 4) is 0 Å². The summed E-state index contributed by atoms with van der Waals surface area (Å²) in [7, 11) is 0. The van der Waals surface area contributed by atoms with Gasteiger partial charge in [0.15, 0.2) is 0 Å². The van der Waals surface area contributed by atoms with E-state index in [1.54, 1.807) is 11.0 Å². The average molecular weight is 308 g/mol. The lowest BCUT2D eigenvalue weighted by molar-refractivity contribution is -0.133. The first kappa shape index (κ1) is 15.7. The molecule has 2 rings (SSSR count). The number of carbonyl (C=O) groups excluding carboxylic acids is 2. The molecule has 1 fully saturated rings. The molecule has 1 aliphatic rings. The molecule has 5 nitrogen and oxygen atoms in total. The van der Waals surface area contributed by atoms with Crippen LogP contribution in [0.25, 0.3) is 6.08 Å². The zero-order valence-electron chi connectivity index (χ0n) is 11.9. The molecule has 21 heavy (non-hydrogen) atoms. The monoisotopic (exact) mass is 308 g/mol. The second-order valence-electron chi connectivity index (χ2n) is 4.98. The Kier molecular flexibility index (Phi) is 5.95. The van der Waals surface area contributed by atoms with Crippen molar-refractivity contribution in [3.05, 3.63) is 28.0 Å². The first-order chi connectivity index (χ1) is 10.2. The van der Waals surface area contributed by atoms with Crippen LogP contribution in [0.2, 0.25) is 0 Å². The molecule has 0 bridgehead atoms. The lowest BCUT2D eigenvalue weighted by Gasteiger charge is -2.26. The molecule has 2 heterocycles. The minimum atomic E-state index is -0.168. The van der Waals surface area contributed by atoms with Gasteiger partial charge in [-0.25, -0.2) is 0 Å². The first-order valence-electron chi connectivity index (χ1n) is 7.11. The minimum absolute atomic E-state index is 0.0143. The second-order valence-corrected chi connectivity index (χ2v) is 5.92. The van der Waals surface area contributed by atoms with Gasteiger partial charge in [0, 0.05) is 37.0 Å². The number of piperidine rings is 1. The van der Waals surface area contributed by atoms with E-state index in [4.69, 9.17) is 5.11 Å². The first-order valence-corrected chi connectivity index (χ1v) is 7.99. The van der Waals surface area contributed by atoms with Crippen molar-refractivity contribution in [1.29, 1.82) is 0 Å². The third kappa shape index (κ3) is 4.99. The molecule has 1 saturated heterocycles. The van der Waals surface area contributed by atoms with Gasteiger partial charge >= 0.3 is 0 Å². The van der Waals surface area contributed by atoms with Crippen molar-refractivity contribution in [2.24, 2.45) is 0 Å². The van der Waals surface area contributed by atoms with Crippen LogP contribution in [-0.2, 0) is 16.2 Å². The van der Waals surface area contributed by atoms with Gasteiger partial charge in [0.05, 0.1) is 6.61 Å². The standard InChI is InChI=1S/C15H20N2O3S/c18-10-12-9-13(21-11-12)4-5-14(19)16-6-8-17-7-2-1-3-15(17)20/h4-5,9,11,18H,1-3,6-8,10H2,(H,16,19)/b5-4+. The summed E-state index contributed by atoms with van der Waals surface area (Å²) in [5.41, 5.74) is 0.851. The summed E-state index contributed by atoms with van der Waals surface area (Å²) in [4.78, 5) is 26.0. The molecule has 0 aliphatic carbocycles. The summed E-state index contributed by atoms with van der Waals surface area (Å²) in [5, 5.41) is 13.6. The second kappa shape index (κ2) is 7.95. The summed E-state index contributed by atoms with van der Waals surface area (Å²) in [6.07, 6.45) is 5.85. The Balaban J connectivity index is 1.70. The third-order valence-electron chi connectivity index (χ3n) is 3.36. The van der Waals surface area contributed by atoms with Crippen LogP contribution in [0.4, 0.5) is 0 Å². The summed E-state index contributed by atoms with van der Waals surface area (Å²) < 4.78 is 0. The molecule has 114 valence electrons. The molecule has 2 amide bonds. The SMILES string of the molecule is O=C(/C=C/c1cc(CO)cs1)NCCN1CCCCC1=O. The number of likely N-dealkylation sites (tertiary alicyclic amines) is 1. The molecule has 0 atom stereocenters. The largest absolute Gasteiger partial charge is 0.392 e. The van der Waals surface area contributed by atoms with E-state index >= 15 is 0 Å². The Labute approximate surface area is 128 Å². The van der Waals surface area contributed by atoms with Gasteiger partial charge in [-0.1, -0.05) is 0 Å². The molecule has 6 heteroatoms. The number of hydrogen-bond donors (Lipinski definition) is 2. The van der Waals surface area contributed by atoms with Crippen LogP contribution in [0.1, 0.15) is 29.7 Å². The number of hydrogen-bond acceptors (Lipinski definition) is 4. The molecule has 1 aromatic heterocycles. The van der Waals surface area contributed by atoms with Crippen LogP contribution in [0.15, 0.2) is 17.5 Å². The van der Waals surface area contributed by atoms with Crippen molar-refractivity contribution in [3.63, 3.8) is 0 Å². The number of aliphatic hydroxyl groups excluding tert-OH is 1. The fourth-order valence-corrected chi connectivity index (χ4v) is 2.99. The highest BCUT2D eigenvalue weighted by Gasteiger charge is 2.17. The van der Waals surface area contributed by atoms with Crippen molar-refractivity contribution < 1.29 is 14.7 Å². The number of rotatable bonds is 6. The number of nitrogens with one attached hydrogen (secondary N) is 1. The van der Waals surface area contributed by atoms with E-state index in [9.17, 15) is 9.59 Å². The van der Waals surface area contributed by atoms with Gasteiger partial charge in [0.25, 0.3) is 0 Å². The molecular weight excluding hydrogens is 288 g/mol. The van der Waals surface area contributed by atoms with E-state index in [-0.39, 0.29) is 18.4 Å². The van der Waals surface area contributed by atoms with Crippen LogP contribution >= 0.6 is 11.3 Å². The number of nitrogens with zero attached hydrogens (tertiary/aromatic N) is 1. The quantitative estimate of drug-likeness (QED) is 0.780. The summed E-state index contributed by atoms with van der Waals surface area (Å²) in [6, 6.07) is 1.85. The normalized spacial score (nSPS) is 15.7. The zero-order chi connectivity index (χ0) is 15.1. The predicted molar refractivity (Wildman–Crippen MR) is 82.7 cm³/mol. The molecule has 0 unspecified atom stereocenters. The van der Waals surface area contributed by atoms with Gasteiger partial charge < -0.3 is 15.3 Å². The van der Waals surface area contributed by atoms with E-state index < -0.39 is 0 Å². The van der Waals surface area contributed by atoms with Crippen molar-refractivity contribution >= 4 is 29.2 Å². The molecule has 1 aliphatic heterocycles. The molecule has 2 N–H and O–H groups in total. The number of amides is 2. The zero-order valence-corrected chi connectivity index (χ0v) is 12.7. The van der Waals surface area contributed by atoms with E-state index in [1.165, 1.54) is 17.4 Å². The van der Waals surface area contributed by atoms with Crippen LogP contribution < -0.4 is 5.32 Å². The third-order valence-corrected chi connectivity index (χ3v) is 4.30. The molecule has 1 aromatic rings. The van der Waals surface area contributed by atoms with Gasteiger partial charge in [0.1, 0.15) is 0 Å². The summed E-state index contributed by atoms with van der Waals surface area (Å²) in [5.74, 6) is 0.0135. The molecule has 0 aromatic carbocycles. The van der Waals surface area contributed by atoms with Crippen LogP contribution in [0.3, 0.4) is 0 Å². The summed E-state index contributed by atoms with van der Waals surface area (Å²) >= 11 is 1.48. The maximum atomic E-state index is 11.7. The average Bonchev–Trinajstić information content (AvgIpc) is 2.95. The number of aliphatic hydroxyl groups is 1. The Hall–Kier alpha value is -1.66. The van der Waals surface area contributed by atoms with Crippen LogP contribution in [-0.4, -0.2) is 41.5 Å². The van der Waals surface area contributed by atoms with E-state index in [0.717, 1.165) is 29.8 Å². The maximum absolute atomic E-state index is 11.7. The smallest absolute Gasteiger partial charge is 0.244 e. The predicted octanol–water partition coefficient (Wildman–Crippen LogP) is 1.38. The number of carbonyl (C=O) groups is 2. The highest BCUT2D eigenvalue weighted by molar-refractivity contribution is 7.11. The van der Waals surface area contributed by atoms with E-state index in [0.29, 0.717) is 19.5 Å². The minimum Gasteiger partial charge on any atom is -0.392 e. The van der Waals surface area contributed by atoms with Gasteiger partial charge in [-0.15, -0.1) is 11.3 Å². The van der Waals surface area contributed by atoms with Gasteiger partial charge in [-0.05, 0) is 35.9 Å². The fourth-order valence-electron chi connectivity index (χ4n) is 2.19. The Morgan fingerprint density at radius 2 is 2.33 bits per heavy atom. The lowest BCUT2D eigenvalue weighted by Crippen LogP contribution is -2.40. The van der Waals surface area contributed by atoms with Crippen LogP contribution in [0.5, 0.6) is 0 Å². The fraction of sp³-hybridized carbons (Fsp3) is 0.467. The van der Waals surface area contributed by atoms with Crippen molar-refractivity contribution in [1.82, 2.24) is 10.2 Å². The van der Waals surface area contributed by atoms with Crippen molar-refractivity contribution in [2.75, 3.05) is 19.6 Å². The molecule has 0 spiro atoms. The van der Waals surface area contributed by atoms with E-state index in [1.807, 2.05) is 11.4 Å². The number of thiophene rings is 1. The molecular formula is C15H20N2O3S. The summed E-state index contributed by atoms with van der Waals surface area (Å²) in [6.45, 7) is 1.86. The van der Waals surface area contributed by atoms with Crippen molar-refractivity contribution in [2.45, 2.75) is 25.9 Å². The molecule has 0 radical (unpaired) electrons. The van der Waals surface area contributed by atoms with Gasteiger partial charge in [-0.3, -0.25) is 9.59 Å². The Morgan fingerprint density at radius 3 is 3.05 bits per heavy atom. The highest BCUT2D eigenvalue weighted by atomic mass is 32.1. The van der Waals surface area contributed by atoms with Gasteiger partial charge in [-0.2, -0.15) is 0 Å².